The molecule has 7 heteroatoms. The number of carbonyl (C=O) groups is 2. The van der Waals surface area contributed by atoms with Crippen molar-refractivity contribution < 1.29 is 9.59 Å². The van der Waals surface area contributed by atoms with Gasteiger partial charge < -0.3 is 10.6 Å². The molecule has 0 atom stereocenters. The summed E-state index contributed by atoms with van der Waals surface area (Å²) in [4.78, 5) is 32.2. The lowest BCUT2D eigenvalue weighted by Crippen LogP contribution is -2.26. The van der Waals surface area contributed by atoms with Gasteiger partial charge in [-0.3, -0.25) is 9.59 Å². The molecule has 0 fully saturated rings. The summed E-state index contributed by atoms with van der Waals surface area (Å²) >= 11 is 5.96. The minimum atomic E-state index is -0.287. The third-order valence-corrected chi connectivity index (χ3v) is 4.24. The standard InChI is InChI=1S/C21H19ClN4O2/c1-14(27)16-5-3-7-18(13-16)25-21-24-11-9-19(26-21)20(28)23-10-8-15-4-2-6-17(22)12-15/h2-7,9,11-13H,8,10H2,1H3,(H,23,28)(H,24,25,26). The summed E-state index contributed by atoms with van der Waals surface area (Å²) in [5.74, 6) is -0.0365. The number of rotatable bonds is 7. The minimum Gasteiger partial charge on any atom is -0.350 e. The largest absolute Gasteiger partial charge is 0.350 e. The highest BCUT2D eigenvalue weighted by Crippen LogP contribution is 2.15. The number of nitrogens with one attached hydrogen (secondary N) is 2. The van der Waals surface area contributed by atoms with Gasteiger partial charge >= 0.3 is 0 Å². The molecule has 6 nitrogen and oxygen atoms in total. The van der Waals surface area contributed by atoms with Crippen molar-refractivity contribution >= 4 is 34.9 Å². The Morgan fingerprint density at radius 3 is 2.68 bits per heavy atom. The quantitative estimate of drug-likeness (QED) is 0.590. The van der Waals surface area contributed by atoms with Gasteiger partial charge in [0.25, 0.3) is 5.91 Å². The molecule has 2 N–H and O–H groups in total. The van der Waals surface area contributed by atoms with Crippen LogP contribution in [0.2, 0.25) is 5.02 Å². The van der Waals surface area contributed by atoms with E-state index in [1.165, 1.54) is 13.1 Å². The molecule has 1 heterocycles. The minimum absolute atomic E-state index is 0.0302. The number of nitrogens with zero attached hydrogens (tertiary/aromatic N) is 2. The lowest BCUT2D eigenvalue weighted by molar-refractivity contribution is 0.0948. The second-order valence-electron chi connectivity index (χ2n) is 6.16. The number of amides is 1. The Balaban J connectivity index is 1.61. The Kier molecular flexibility index (Phi) is 6.34. The van der Waals surface area contributed by atoms with E-state index in [1.54, 1.807) is 30.3 Å². The van der Waals surface area contributed by atoms with E-state index in [-0.39, 0.29) is 23.3 Å². The number of aromatic nitrogens is 2. The summed E-state index contributed by atoms with van der Waals surface area (Å²) in [6, 6.07) is 16.1. The normalized spacial score (nSPS) is 10.4. The summed E-state index contributed by atoms with van der Waals surface area (Å²) < 4.78 is 0. The van der Waals surface area contributed by atoms with Gasteiger partial charge in [0, 0.05) is 29.0 Å². The lowest BCUT2D eigenvalue weighted by Gasteiger charge is -2.08. The van der Waals surface area contributed by atoms with E-state index in [2.05, 4.69) is 20.6 Å². The number of hydrogen-bond donors (Lipinski definition) is 2. The third kappa shape index (κ3) is 5.37. The molecule has 1 amide bonds. The topological polar surface area (TPSA) is 84.0 Å². The fourth-order valence-electron chi connectivity index (χ4n) is 2.59. The van der Waals surface area contributed by atoms with E-state index in [0.717, 1.165) is 5.56 Å². The van der Waals surface area contributed by atoms with E-state index in [9.17, 15) is 9.59 Å². The van der Waals surface area contributed by atoms with E-state index in [1.807, 2.05) is 24.3 Å². The van der Waals surface area contributed by atoms with E-state index in [4.69, 9.17) is 11.6 Å². The number of carbonyl (C=O) groups excluding carboxylic acids is 2. The van der Waals surface area contributed by atoms with Crippen LogP contribution in [-0.2, 0) is 6.42 Å². The molecular formula is C21H19ClN4O2. The Bertz CT molecular complexity index is 1010. The Hall–Kier alpha value is -3.25. The highest BCUT2D eigenvalue weighted by Gasteiger charge is 2.09. The van der Waals surface area contributed by atoms with E-state index >= 15 is 0 Å². The molecule has 0 aliphatic heterocycles. The molecule has 28 heavy (non-hydrogen) atoms. The Morgan fingerprint density at radius 1 is 1.07 bits per heavy atom. The smallest absolute Gasteiger partial charge is 0.270 e. The zero-order valence-corrected chi connectivity index (χ0v) is 16.0. The summed E-state index contributed by atoms with van der Waals surface area (Å²) in [5, 5.41) is 6.52. The van der Waals surface area contributed by atoms with Crippen LogP contribution >= 0.6 is 11.6 Å². The SMILES string of the molecule is CC(=O)c1cccc(Nc2nccc(C(=O)NCCc3cccc(Cl)c3)n2)c1. The summed E-state index contributed by atoms with van der Waals surface area (Å²) in [6.07, 6.45) is 2.18. The van der Waals surface area contributed by atoms with Gasteiger partial charge in [0.15, 0.2) is 5.78 Å². The van der Waals surface area contributed by atoms with E-state index < -0.39 is 0 Å². The fraction of sp³-hybridized carbons (Fsp3) is 0.143. The zero-order valence-electron chi connectivity index (χ0n) is 15.3. The Morgan fingerprint density at radius 2 is 1.89 bits per heavy atom. The molecule has 3 aromatic rings. The molecule has 0 bridgehead atoms. The van der Waals surface area contributed by atoms with Crippen LogP contribution in [0.15, 0.2) is 60.8 Å². The van der Waals surface area contributed by atoms with Crippen LogP contribution in [0, 0.1) is 0 Å². The van der Waals surface area contributed by atoms with Crippen LogP contribution < -0.4 is 10.6 Å². The zero-order chi connectivity index (χ0) is 19.9. The highest BCUT2D eigenvalue weighted by atomic mass is 35.5. The highest BCUT2D eigenvalue weighted by molar-refractivity contribution is 6.30. The van der Waals surface area contributed by atoms with Crippen LogP contribution in [-0.4, -0.2) is 28.2 Å². The predicted octanol–water partition coefficient (Wildman–Crippen LogP) is 4.05. The second kappa shape index (κ2) is 9.10. The number of benzene rings is 2. The van der Waals surface area contributed by atoms with Crippen LogP contribution in [0.1, 0.15) is 33.3 Å². The average molecular weight is 395 g/mol. The van der Waals surface area contributed by atoms with Crippen molar-refractivity contribution in [1.29, 1.82) is 0 Å². The predicted molar refractivity (Wildman–Crippen MR) is 109 cm³/mol. The average Bonchev–Trinajstić information content (AvgIpc) is 2.68. The van der Waals surface area contributed by atoms with Gasteiger partial charge in [0.05, 0.1) is 0 Å². The number of ketones is 1. The lowest BCUT2D eigenvalue weighted by atomic mass is 10.1. The molecule has 0 radical (unpaired) electrons. The van der Waals surface area contributed by atoms with Crippen molar-refractivity contribution in [2.45, 2.75) is 13.3 Å². The van der Waals surface area contributed by atoms with Crippen LogP contribution in [0.3, 0.4) is 0 Å². The van der Waals surface area contributed by atoms with Gasteiger partial charge in [-0.1, -0.05) is 35.9 Å². The van der Waals surface area contributed by atoms with Gasteiger partial charge in [0.2, 0.25) is 5.95 Å². The van der Waals surface area contributed by atoms with Crippen molar-refractivity contribution in [2.24, 2.45) is 0 Å². The van der Waals surface area contributed by atoms with Crippen molar-refractivity contribution in [3.8, 4) is 0 Å². The molecule has 142 valence electrons. The summed E-state index contributed by atoms with van der Waals surface area (Å²) in [6.45, 7) is 1.97. The first-order chi connectivity index (χ1) is 13.5. The number of anilines is 2. The molecule has 0 spiro atoms. The molecule has 0 aliphatic carbocycles. The summed E-state index contributed by atoms with van der Waals surface area (Å²) in [5.41, 5.74) is 2.56. The van der Waals surface area contributed by atoms with Gasteiger partial charge in [0.1, 0.15) is 5.69 Å². The van der Waals surface area contributed by atoms with Gasteiger partial charge in [-0.05, 0) is 49.2 Å². The maximum atomic E-state index is 12.4. The van der Waals surface area contributed by atoms with Crippen molar-refractivity contribution in [1.82, 2.24) is 15.3 Å². The Labute approximate surface area is 168 Å². The first-order valence-corrected chi connectivity index (χ1v) is 9.13. The number of hydrogen-bond acceptors (Lipinski definition) is 5. The first-order valence-electron chi connectivity index (χ1n) is 8.75. The van der Waals surface area contributed by atoms with Crippen molar-refractivity contribution in [2.75, 3.05) is 11.9 Å². The molecule has 0 unspecified atom stereocenters. The molecule has 2 aromatic carbocycles. The van der Waals surface area contributed by atoms with Gasteiger partial charge in [-0.2, -0.15) is 0 Å². The molecule has 1 aromatic heterocycles. The molecule has 3 rings (SSSR count). The van der Waals surface area contributed by atoms with Crippen molar-refractivity contribution in [3.05, 3.63) is 82.6 Å². The number of Topliss-reactive ketones (excluding diaryl/α,β-unsaturated/α-hetero) is 1. The van der Waals surface area contributed by atoms with Crippen LogP contribution in [0.4, 0.5) is 11.6 Å². The maximum Gasteiger partial charge on any atom is 0.270 e. The number of halogens is 1. The second-order valence-corrected chi connectivity index (χ2v) is 6.60. The molecule has 0 aliphatic rings. The fourth-order valence-corrected chi connectivity index (χ4v) is 2.81. The molecule has 0 saturated carbocycles. The summed E-state index contributed by atoms with van der Waals surface area (Å²) in [7, 11) is 0. The third-order valence-electron chi connectivity index (χ3n) is 4.00. The monoisotopic (exact) mass is 394 g/mol. The van der Waals surface area contributed by atoms with Gasteiger partial charge in [-0.25, -0.2) is 9.97 Å². The van der Waals surface area contributed by atoms with Crippen molar-refractivity contribution in [3.63, 3.8) is 0 Å². The van der Waals surface area contributed by atoms with Crippen LogP contribution in [0.5, 0.6) is 0 Å². The molecular weight excluding hydrogens is 376 g/mol. The first kappa shape index (κ1) is 19.5. The van der Waals surface area contributed by atoms with E-state index in [0.29, 0.717) is 29.2 Å². The molecule has 0 saturated heterocycles. The maximum absolute atomic E-state index is 12.4. The van der Waals surface area contributed by atoms with Gasteiger partial charge in [-0.15, -0.1) is 0 Å². The van der Waals surface area contributed by atoms with Crippen LogP contribution in [0.25, 0.3) is 0 Å².